The Morgan fingerprint density at radius 1 is 1.38 bits per heavy atom. The van der Waals surface area contributed by atoms with E-state index >= 15 is 0 Å². The highest BCUT2D eigenvalue weighted by Gasteiger charge is 2.15. The maximum absolute atomic E-state index is 5.33. The zero-order valence-corrected chi connectivity index (χ0v) is 13.0. The van der Waals surface area contributed by atoms with Crippen LogP contribution in [0, 0.1) is 6.92 Å². The summed E-state index contributed by atoms with van der Waals surface area (Å²) >= 11 is 0. The van der Waals surface area contributed by atoms with Crippen molar-refractivity contribution in [2.45, 2.75) is 33.1 Å². The van der Waals surface area contributed by atoms with Gasteiger partial charge in [-0.2, -0.15) is 0 Å². The fraction of sp³-hybridized carbons (Fsp3) is 0.533. The highest BCUT2D eigenvalue weighted by molar-refractivity contribution is 5.61. The molecule has 0 aromatic carbocycles. The van der Waals surface area contributed by atoms with E-state index in [9.17, 15) is 0 Å². The Morgan fingerprint density at radius 2 is 2.19 bits per heavy atom. The zero-order chi connectivity index (χ0) is 15.2. The Morgan fingerprint density at radius 3 is 2.81 bits per heavy atom. The summed E-state index contributed by atoms with van der Waals surface area (Å²) < 4.78 is 10.3. The van der Waals surface area contributed by atoms with E-state index in [4.69, 9.17) is 9.26 Å². The van der Waals surface area contributed by atoms with Gasteiger partial charge in [-0.25, -0.2) is 9.97 Å². The quantitative estimate of drug-likeness (QED) is 0.790. The average Bonchev–Trinajstić information content (AvgIpc) is 2.90. The van der Waals surface area contributed by atoms with E-state index in [-0.39, 0.29) is 5.92 Å². The van der Waals surface area contributed by atoms with E-state index in [0.29, 0.717) is 11.7 Å². The van der Waals surface area contributed by atoms with Crippen LogP contribution in [0.25, 0.3) is 11.3 Å². The molecule has 6 nitrogen and oxygen atoms in total. The van der Waals surface area contributed by atoms with Crippen molar-refractivity contribution in [1.82, 2.24) is 15.1 Å². The van der Waals surface area contributed by atoms with Gasteiger partial charge in [0.05, 0.1) is 17.0 Å². The first-order valence-corrected chi connectivity index (χ1v) is 7.15. The lowest BCUT2D eigenvalue weighted by atomic mass is 10.0. The molecule has 6 heteroatoms. The Balaban J connectivity index is 2.19. The van der Waals surface area contributed by atoms with Crippen molar-refractivity contribution >= 4 is 5.95 Å². The molecule has 0 aliphatic carbocycles. The fourth-order valence-electron chi connectivity index (χ4n) is 2.02. The minimum absolute atomic E-state index is 0.271. The van der Waals surface area contributed by atoms with Crippen molar-refractivity contribution in [2.24, 2.45) is 0 Å². The molecule has 0 spiro atoms. The van der Waals surface area contributed by atoms with E-state index in [1.165, 1.54) is 0 Å². The second-order valence-electron chi connectivity index (χ2n) is 5.25. The maximum Gasteiger partial charge on any atom is 0.222 e. The lowest BCUT2D eigenvalue weighted by molar-refractivity contribution is 0.197. The summed E-state index contributed by atoms with van der Waals surface area (Å²) in [5.41, 5.74) is 2.70. The van der Waals surface area contributed by atoms with E-state index < -0.39 is 0 Å². The Kier molecular flexibility index (Phi) is 5.27. The number of ether oxygens (including phenoxy) is 1. The smallest absolute Gasteiger partial charge is 0.222 e. The first-order valence-electron chi connectivity index (χ1n) is 7.15. The van der Waals surface area contributed by atoms with Gasteiger partial charge in [0.25, 0.3) is 0 Å². The third-order valence-electron chi connectivity index (χ3n) is 3.07. The molecule has 0 saturated heterocycles. The molecule has 114 valence electrons. The van der Waals surface area contributed by atoms with Crippen molar-refractivity contribution in [3.05, 3.63) is 23.7 Å². The van der Waals surface area contributed by atoms with E-state index in [2.05, 4.69) is 34.3 Å². The van der Waals surface area contributed by atoms with Gasteiger partial charge in [0.1, 0.15) is 0 Å². The molecule has 2 aromatic heterocycles. The Bertz CT molecular complexity index is 581. The van der Waals surface area contributed by atoms with Crippen LogP contribution in [-0.4, -0.2) is 35.4 Å². The number of aryl methyl sites for hydroxylation is 1. The van der Waals surface area contributed by atoms with Gasteiger partial charge < -0.3 is 14.6 Å². The molecule has 0 bridgehead atoms. The van der Waals surface area contributed by atoms with Crippen LogP contribution in [0.5, 0.6) is 0 Å². The van der Waals surface area contributed by atoms with Crippen molar-refractivity contribution in [1.29, 1.82) is 0 Å². The minimum atomic E-state index is 0.271. The lowest BCUT2D eigenvalue weighted by Gasteiger charge is -2.12. The monoisotopic (exact) mass is 290 g/mol. The predicted octanol–water partition coefficient (Wildman–Crippen LogP) is 3.01. The number of anilines is 1. The summed E-state index contributed by atoms with van der Waals surface area (Å²) in [7, 11) is 1.70. The molecule has 21 heavy (non-hydrogen) atoms. The van der Waals surface area contributed by atoms with Crippen molar-refractivity contribution in [3.63, 3.8) is 0 Å². The molecule has 0 atom stereocenters. The molecule has 0 aliphatic rings. The normalized spacial score (nSPS) is 11.1. The molecule has 2 heterocycles. The molecule has 1 N–H and O–H groups in total. The summed E-state index contributed by atoms with van der Waals surface area (Å²) in [6.07, 6.45) is 2.71. The number of methoxy groups -OCH3 is 1. The third-order valence-corrected chi connectivity index (χ3v) is 3.07. The average molecular weight is 290 g/mol. The SMILES string of the molecule is COCCCNc1ncc(-c2cc(C)no2)c(C(C)C)n1. The van der Waals surface area contributed by atoms with E-state index in [0.717, 1.165) is 36.5 Å². The van der Waals surface area contributed by atoms with Crippen LogP contribution in [0.3, 0.4) is 0 Å². The number of hydrogen-bond acceptors (Lipinski definition) is 6. The predicted molar refractivity (Wildman–Crippen MR) is 81.3 cm³/mol. The van der Waals surface area contributed by atoms with Crippen molar-refractivity contribution < 1.29 is 9.26 Å². The van der Waals surface area contributed by atoms with Crippen LogP contribution in [0.15, 0.2) is 16.8 Å². The van der Waals surface area contributed by atoms with Crippen LogP contribution in [-0.2, 0) is 4.74 Å². The highest BCUT2D eigenvalue weighted by atomic mass is 16.5. The van der Waals surface area contributed by atoms with Gasteiger partial charge in [-0.1, -0.05) is 19.0 Å². The molecule has 0 fully saturated rings. The zero-order valence-electron chi connectivity index (χ0n) is 13.0. The van der Waals surface area contributed by atoms with Gasteiger partial charge in [-0.05, 0) is 19.3 Å². The third kappa shape index (κ3) is 4.01. The van der Waals surface area contributed by atoms with Gasteiger partial charge in [0.15, 0.2) is 5.76 Å². The van der Waals surface area contributed by atoms with Gasteiger partial charge in [-0.3, -0.25) is 0 Å². The molecular formula is C15H22N4O2. The molecule has 2 aromatic rings. The minimum Gasteiger partial charge on any atom is -0.385 e. The second-order valence-corrected chi connectivity index (χ2v) is 5.25. The van der Waals surface area contributed by atoms with Gasteiger partial charge in [0.2, 0.25) is 5.95 Å². The summed E-state index contributed by atoms with van der Waals surface area (Å²) in [5, 5.41) is 7.14. The molecule has 2 rings (SSSR count). The van der Waals surface area contributed by atoms with E-state index in [1.54, 1.807) is 13.3 Å². The number of aromatic nitrogens is 3. The van der Waals surface area contributed by atoms with Crippen molar-refractivity contribution in [2.75, 3.05) is 25.6 Å². The molecule has 0 unspecified atom stereocenters. The second kappa shape index (κ2) is 7.17. The van der Waals surface area contributed by atoms with Crippen LogP contribution in [0.1, 0.15) is 37.6 Å². The molecular weight excluding hydrogens is 268 g/mol. The first-order chi connectivity index (χ1) is 10.1. The number of hydrogen-bond donors (Lipinski definition) is 1. The Hall–Kier alpha value is -1.95. The van der Waals surface area contributed by atoms with Gasteiger partial charge in [0, 0.05) is 32.5 Å². The fourth-order valence-corrected chi connectivity index (χ4v) is 2.02. The summed E-state index contributed by atoms with van der Waals surface area (Å²) in [5.74, 6) is 1.62. The lowest BCUT2D eigenvalue weighted by Crippen LogP contribution is -2.09. The molecule has 0 radical (unpaired) electrons. The number of rotatable bonds is 7. The highest BCUT2D eigenvalue weighted by Crippen LogP contribution is 2.28. The topological polar surface area (TPSA) is 73.1 Å². The molecule has 0 aliphatic heterocycles. The molecule has 0 saturated carbocycles. The van der Waals surface area contributed by atoms with Crippen LogP contribution in [0.2, 0.25) is 0 Å². The van der Waals surface area contributed by atoms with Gasteiger partial charge in [-0.15, -0.1) is 0 Å². The van der Waals surface area contributed by atoms with Crippen LogP contribution in [0.4, 0.5) is 5.95 Å². The number of nitrogens with one attached hydrogen (secondary N) is 1. The number of nitrogens with zero attached hydrogens (tertiary/aromatic N) is 3. The summed E-state index contributed by atoms with van der Waals surface area (Å²) in [4.78, 5) is 8.96. The maximum atomic E-state index is 5.33. The Labute approximate surface area is 124 Å². The first kappa shape index (κ1) is 15.4. The van der Waals surface area contributed by atoms with Crippen molar-refractivity contribution in [3.8, 4) is 11.3 Å². The summed E-state index contributed by atoms with van der Waals surface area (Å²) in [6.45, 7) is 7.60. The van der Waals surface area contributed by atoms with Crippen LogP contribution < -0.4 is 5.32 Å². The van der Waals surface area contributed by atoms with Crippen LogP contribution >= 0.6 is 0 Å². The van der Waals surface area contributed by atoms with E-state index in [1.807, 2.05) is 13.0 Å². The van der Waals surface area contributed by atoms with Gasteiger partial charge >= 0.3 is 0 Å². The molecule has 0 amide bonds. The summed E-state index contributed by atoms with van der Waals surface area (Å²) in [6, 6.07) is 1.90. The standard InChI is InChI=1S/C15H22N4O2/c1-10(2)14-12(13-8-11(3)19-21-13)9-17-15(18-14)16-6-5-7-20-4/h8-10H,5-7H2,1-4H3,(H,16,17,18). The largest absolute Gasteiger partial charge is 0.385 e.